The Labute approximate surface area is 151 Å². The molecule has 2 amide bonds. The first-order valence-corrected chi connectivity index (χ1v) is 8.99. The van der Waals surface area contributed by atoms with Crippen molar-refractivity contribution < 1.29 is 9.59 Å². The third kappa shape index (κ3) is 2.67. The molecule has 4 rings (SSSR count). The summed E-state index contributed by atoms with van der Waals surface area (Å²) in [6.45, 7) is 4.44. The molecule has 9 nitrogen and oxygen atoms in total. The SMILES string of the molecule is CCN1C(=O)C[C@H](C(=O)Nc2nncn2C2CC2)[C@H]1c1cnn(C)c1C. The van der Waals surface area contributed by atoms with Gasteiger partial charge in [0.1, 0.15) is 6.33 Å². The van der Waals surface area contributed by atoms with E-state index < -0.39 is 5.92 Å². The Morgan fingerprint density at radius 3 is 2.77 bits per heavy atom. The monoisotopic (exact) mass is 357 g/mol. The van der Waals surface area contributed by atoms with Gasteiger partial charge in [-0.15, -0.1) is 10.2 Å². The highest BCUT2D eigenvalue weighted by Gasteiger charge is 2.45. The maximum Gasteiger partial charge on any atom is 0.232 e. The summed E-state index contributed by atoms with van der Waals surface area (Å²) < 4.78 is 3.67. The normalized spacial score (nSPS) is 22.9. The number of nitrogens with zero attached hydrogens (tertiary/aromatic N) is 6. The summed E-state index contributed by atoms with van der Waals surface area (Å²) in [6.07, 6.45) is 5.74. The number of carbonyl (C=O) groups is 2. The van der Waals surface area contributed by atoms with Crippen molar-refractivity contribution in [1.29, 1.82) is 0 Å². The van der Waals surface area contributed by atoms with Crippen molar-refractivity contribution in [2.45, 2.75) is 45.2 Å². The molecule has 9 heteroatoms. The highest BCUT2D eigenvalue weighted by molar-refractivity contribution is 5.97. The van der Waals surface area contributed by atoms with Crippen molar-refractivity contribution in [3.05, 3.63) is 23.8 Å². The van der Waals surface area contributed by atoms with E-state index in [2.05, 4.69) is 20.6 Å². The van der Waals surface area contributed by atoms with Crippen molar-refractivity contribution in [3.8, 4) is 0 Å². The Bertz CT molecular complexity index is 851. The van der Waals surface area contributed by atoms with Gasteiger partial charge in [-0.25, -0.2) is 0 Å². The van der Waals surface area contributed by atoms with Crippen molar-refractivity contribution in [2.24, 2.45) is 13.0 Å². The average molecular weight is 357 g/mol. The van der Waals surface area contributed by atoms with E-state index in [1.54, 1.807) is 22.1 Å². The number of nitrogens with one attached hydrogen (secondary N) is 1. The lowest BCUT2D eigenvalue weighted by Crippen LogP contribution is -2.33. The van der Waals surface area contributed by atoms with Gasteiger partial charge in [-0.3, -0.25) is 24.2 Å². The number of hydrogen-bond donors (Lipinski definition) is 1. The van der Waals surface area contributed by atoms with Crippen LogP contribution in [0.2, 0.25) is 0 Å². The Morgan fingerprint density at radius 1 is 1.38 bits per heavy atom. The molecule has 1 saturated heterocycles. The van der Waals surface area contributed by atoms with Crippen LogP contribution in [-0.2, 0) is 16.6 Å². The van der Waals surface area contributed by atoms with Gasteiger partial charge in [0, 0.05) is 37.3 Å². The highest BCUT2D eigenvalue weighted by atomic mass is 16.2. The molecule has 1 aliphatic heterocycles. The summed E-state index contributed by atoms with van der Waals surface area (Å²) in [5.74, 6) is -0.224. The molecule has 1 N–H and O–H groups in total. The van der Waals surface area contributed by atoms with Gasteiger partial charge in [-0.05, 0) is 26.7 Å². The molecule has 2 fully saturated rings. The summed E-state index contributed by atoms with van der Waals surface area (Å²) in [7, 11) is 1.86. The third-order valence-corrected chi connectivity index (χ3v) is 5.45. The molecule has 2 aromatic rings. The zero-order valence-electron chi connectivity index (χ0n) is 15.2. The fourth-order valence-corrected chi connectivity index (χ4v) is 3.74. The first-order valence-electron chi connectivity index (χ1n) is 8.99. The summed E-state index contributed by atoms with van der Waals surface area (Å²) in [5.41, 5.74) is 1.88. The van der Waals surface area contributed by atoms with Crippen LogP contribution in [0.25, 0.3) is 0 Å². The lowest BCUT2D eigenvalue weighted by molar-refractivity contribution is -0.129. The lowest BCUT2D eigenvalue weighted by atomic mass is 9.93. The largest absolute Gasteiger partial charge is 0.335 e. The van der Waals surface area contributed by atoms with Crippen LogP contribution in [0.4, 0.5) is 5.95 Å². The summed E-state index contributed by atoms with van der Waals surface area (Å²) >= 11 is 0. The quantitative estimate of drug-likeness (QED) is 0.867. The van der Waals surface area contributed by atoms with Crippen LogP contribution in [0.15, 0.2) is 12.5 Å². The predicted octanol–water partition coefficient (Wildman–Crippen LogP) is 1.20. The molecule has 2 aliphatic rings. The maximum absolute atomic E-state index is 13.0. The number of amides is 2. The van der Waals surface area contributed by atoms with Gasteiger partial charge < -0.3 is 4.90 Å². The van der Waals surface area contributed by atoms with E-state index in [9.17, 15) is 9.59 Å². The van der Waals surface area contributed by atoms with Gasteiger partial charge in [0.05, 0.1) is 18.2 Å². The second kappa shape index (κ2) is 6.22. The fraction of sp³-hybridized carbons (Fsp3) is 0.588. The van der Waals surface area contributed by atoms with Crippen molar-refractivity contribution in [2.75, 3.05) is 11.9 Å². The van der Waals surface area contributed by atoms with Gasteiger partial charge in [-0.1, -0.05) is 0 Å². The molecule has 1 aliphatic carbocycles. The van der Waals surface area contributed by atoms with Gasteiger partial charge in [0.2, 0.25) is 17.8 Å². The summed E-state index contributed by atoms with van der Waals surface area (Å²) in [5, 5.41) is 15.1. The van der Waals surface area contributed by atoms with E-state index in [0.29, 0.717) is 18.5 Å². The number of aromatic nitrogens is 5. The van der Waals surface area contributed by atoms with Crippen molar-refractivity contribution in [1.82, 2.24) is 29.4 Å². The number of aryl methyl sites for hydroxylation is 1. The second-order valence-corrected chi connectivity index (χ2v) is 7.03. The van der Waals surface area contributed by atoms with Crippen LogP contribution in [0.3, 0.4) is 0 Å². The number of rotatable bonds is 5. The van der Waals surface area contributed by atoms with Crippen molar-refractivity contribution >= 4 is 17.8 Å². The van der Waals surface area contributed by atoms with E-state index in [1.807, 2.05) is 25.5 Å². The maximum atomic E-state index is 13.0. The number of carbonyl (C=O) groups excluding carboxylic acids is 2. The molecule has 0 spiro atoms. The molecule has 3 heterocycles. The Morgan fingerprint density at radius 2 is 2.15 bits per heavy atom. The van der Waals surface area contributed by atoms with E-state index in [0.717, 1.165) is 24.1 Å². The van der Waals surface area contributed by atoms with Gasteiger partial charge in [0.25, 0.3) is 0 Å². The van der Waals surface area contributed by atoms with E-state index >= 15 is 0 Å². The lowest BCUT2D eigenvalue weighted by Gasteiger charge is -2.26. The molecule has 0 radical (unpaired) electrons. The molecule has 26 heavy (non-hydrogen) atoms. The zero-order chi connectivity index (χ0) is 18.4. The van der Waals surface area contributed by atoms with Crippen molar-refractivity contribution in [3.63, 3.8) is 0 Å². The highest BCUT2D eigenvalue weighted by Crippen LogP contribution is 2.40. The van der Waals surface area contributed by atoms with E-state index in [4.69, 9.17) is 0 Å². The average Bonchev–Trinajstić information content (AvgIpc) is 3.15. The van der Waals surface area contributed by atoms with Crippen LogP contribution in [-0.4, -0.2) is 47.8 Å². The van der Waals surface area contributed by atoms with Gasteiger partial charge in [-0.2, -0.15) is 5.10 Å². The Kier molecular flexibility index (Phi) is 4.01. The van der Waals surface area contributed by atoms with E-state index in [-0.39, 0.29) is 24.3 Å². The molecule has 0 unspecified atom stereocenters. The minimum Gasteiger partial charge on any atom is -0.335 e. The molecular formula is C17H23N7O2. The molecule has 138 valence electrons. The molecule has 0 bridgehead atoms. The molecule has 0 aromatic carbocycles. The molecule has 1 saturated carbocycles. The Hall–Kier alpha value is -2.71. The first kappa shape index (κ1) is 16.7. The topological polar surface area (TPSA) is 97.9 Å². The second-order valence-electron chi connectivity index (χ2n) is 7.03. The Balaban J connectivity index is 1.62. The van der Waals surface area contributed by atoms with E-state index in [1.165, 1.54) is 0 Å². The summed E-state index contributed by atoms with van der Waals surface area (Å²) in [4.78, 5) is 27.3. The van der Waals surface area contributed by atoms with Crippen LogP contribution in [0.5, 0.6) is 0 Å². The minimum atomic E-state index is -0.477. The zero-order valence-corrected chi connectivity index (χ0v) is 15.2. The van der Waals surface area contributed by atoms with Crippen LogP contribution in [0.1, 0.15) is 49.5 Å². The minimum absolute atomic E-state index is 0.00966. The molecule has 2 atom stereocenters. The first-order chi connectivity index (χ1) is 12.5. The molecule has 2 aromatic heterocycles. The number of likely N-dealkylation sites (tertiary alicyclic amines) is 1. The van der Waals surface area contributed by atoms with Crippen LogP contribution < -0.4 is 5.32 Å². The van der Waals surface area contributed by atoms with Crippen LogP contribution >= 0.6 is 0 Å². The van der Waals surface area contributed by atoms with Gasteiger partial charge in [0.15, 0.2) is 0 Å². The third-order valence-electron chi connectivity index (χ3n) is 5.45. The number of hydrogen-bond acceptors (Lipinski definition) is 5. The predicted molar refractivity (Wildman–Crippen MR) is 93.1 cm³/mol. The van der Waals surface area contributed by atoms with Gasteiger partial charge >= 0.3 is 0 Å². The smallest absolute Gasteiger partial charge is 0.232 e. The number of anilines is 1. The molecular weight excluding hydrogens is 334 g/mol. The standard InChI is InChI=1S/C17H23N7O2/c1-4-23-14(25)7-12(15(23)13-8-19-22(3)10(13)2)16(26)20-17-21-18-9-24(17)11-5-6-11/h8-9,11-12,15H,4-7H2,1-3H3,(H,20,21,26)/t12-,15-/m0/s1. The fourth-order valence-electron chi connectivity index (χ4n) is 3.74. The summed E-state index contributed by atoms with van der Waals surface area (Å²) in [6, 6.07) is 0.0625. The van der Waals surface area contributed by atoms with Crippen LogP contribution in [0, 0.1) is 12.8 Å².